The Morgan fingerprint density at radius 1 is 1.36 bits per heavy atom. The topological polar surface area (TPSA) is 44.1 Å². The lowest BCUT2D eigenvalue weighted by Crippen LogP contribution is -2.04. The van der Waals surface area contributed by atoms with E-state index in [-0.39, 0.29) is 5.97 Å². The highest BCUT2D eigenvalue weighted by molar-refractivity contribution is 5.91. The summed E-state index contributed by atoms with van der Waals surface area (Å²) in [6.07, 6.45) is 0. The van der Waals surface area contributed by atoms with Crippen LogP contribution < -0.4 is 0 Å². The van der Waals surface area contributed by atoms with Crippen LogP contribution in [0.25, 0.3) is 0 Å². The van der Waals surface area contributed by atoms with Gasteiger partial charge >= 0.3 is 5.97 Å². The van der Waals surface area contributed by atoms with Gasteiger partial charge in [-0.05, 0) is 13.8 Å². The number of esters is 1. The first kappa shape index (κ1) is 12.7. The van der Waals surface area contributed by atoms with E-state index in [1.54, 1.807) is 18.7 Å². The number of aryl methyl sites for hydroxylation is 2. The monoisotopic (exact) mass is 198 g/mol. The number of hydrogen-bond acceptors (Lipinski definition) is 3. The molecule has 1 aromatic heterocycles. The number of nitrogens with zero attached hydrogens (tertiary/aromatic N) is 2. The van der Waals surface area contributed by atoms with Crippen molar-refractivity contribution < 1.29 is 9.53 Å². The first-order valence-electron chi connectivity index (χ1n) is 4.66. The van der Waals surface area contributed by atoms with Crippen molar-refractivity contribution >= 4 is 5.97 Å². The van der Waals surface area contributed by atoms with Crippen LogP contribution in [0, 0.1) is 13.8 Å². The summed E-state index contributed by atoms with van der Waals surface area (Å²) in [5.41, 5.74) is 2.11. The van der Waals surface area contributed by atoms with Crippen LogP contribution in [0.3, 0.4) is 0 Å². The molecule has 0 aliphatic rings. The lowest BCUT2D eigenvalue weighted by Gasteiger charge is -1.97. The second-order valence-electron chi connectivity index (χ2n) is 2.66. The van der Waals surface area contributed by atoms with Crippen LogP contribution in [0.15, 0.2) is 0 Å². The molecule has 0 saturated carbocycles. The van der Waals surface area contributed by atoms with Gasteiger partial charge in [0.05, 0.1) is 12.8 Å². The Balaban J connectivity index is 0.000000791. The number of carbonyl (C=O) groups excluding carboxylic acids is 1. The van der Waals surface area contributed by atoms with Crippen LogP contribution in [-0.4, -0.2) is 22.9 Å². The van der Waals surface area contributed by atoms with Gasteiger partial charge in [-0.3, -0.25) is 4.68 Å². The van der Waals surface area contributed by atoms with Gasteiger partial charge in [-0.25, -0.2) is 4.79 Å². The van der Waals surface area contributed by atoms with Crippen LogP contribution in [0.1, 0.15) is 35.6 Å². The fraction of sp³-hybridized carbons (Fsp3) is 0.600. The Morgan fingerprint density at radius 3 is 2.14 bits per heavy atom. The molecule has 0 amide bonds. The van der Waals surface area contributed by atoms with Crippen LogP contribution in [0.2, 0.25) is 0 Å². The van der Waals surface area contributed by atoms with Gasteiger partial charge in [0.2, 0.25) is 0 Å². The maximum Gasteiger partial charge on any atom is 0.341 e. The van der Waals surface area contributed by atoms with Crippen LogP contribution in [-0.2, 0) is 11.8 Å². The van der Waals surface area contributed by atoms with E-state index in [0.29, 0.717) is 11.3 Å². The number of methoxy groups -OCH3 is 1. The molecule has 0 spiro atoms. The molecule has 0 N–H and O–H groups in total. The maximum atomic E-state index is 11.2. The molecule has 4 nitrogen and oxygen atoms in total. The SMILES string of the molecule is CC.COC(=O)c1c(C)nn(C)c1C. The van der Waals surface area contributed by atoms with E-state index in [1.165, 1.54) is 7.11 Å². The normalized spacial score (nSPS) is 9.00. The molecule has 0 bridgehead atoms. The highest BCUT2D eigenvalue weighted by Crippen LogP contribution is 2.12. The minimum absolute atomic E-state index is 0.321. The van der Waals surface area contributed by atoms with E-state index in [1.807, 2.05) is 20.8 Å². The first-order valence-corrected chi connectivity index (χ1v) is 4.66. The quantitative estimate of drug-likeness (QED) is 0.647. The fourth-order valence-corrected chi connectivity index (χ4v) is 1.17. The average Bonchev–Trinajstić information content (AvgIpc) is 2.44. The molecule has 1 aromatic rings. The van der Waals surface area contributed by atoms with E-state index >= 15 is 0 Å². The van der Waals surface area contributed by atoms with E-state index < -0.39 is 0 Å². The zero-order chi connectivity index (χ0) is 11.3. The van der Waals surface area contributed by atoms with Crippen LogP contribution >= 0.6 is 0 Å². The van der Waals surface area contributed by atoms with Crippen molar-refractivity contribution in [3.63, 3.8) is 0 Å². The van der Waals surface area contributed by atoms with Gasteiger partial charge in [-0.15, -0.1) is 0 Å². The van der Waals surface area contributed by atoms with Crippen molar-refractivity contribution in [3.05, 3.63) is 17.0 Å². The van der Waals surface area contributed by atoms with Crippen molar-refractivity contribution in [2.24, 2.45) is 7.05 Å². The zero-order valence-corrected chi connectivity index (χ0v) is 9.71. The average molecular weight is 198 g/mol. The predicted octanol–water partition coefficient (Wildman–Crippen LogP) is 1.85. The molecule has 4 heteroatoms. The van der Waals surface area contributed by atoms with Crippen LogP contribution in [0.4, 0.5) is 0 Å². The Bertz CT molecular complexity index is 316. The highest BCUT2D eigenvalue weighted by Gasteiger charge is 2.16. The van der Waals surface area contributed by atoms with Gasteiger partial charge in [-0.1, -0.05) is 13.8 Å². The maximum absolute atomic E-state index is 11.2. The predicted molar refractivity (Wildman–Crippen MR) is 55.4 cm³/mol. The molecule has 80 valence electrons. The van der Waals surface area contributed by atoms with Crippen molar-refractivity contribution in [3.8, 4) is 0 Å². The molecule has 0 fully saturated rings. The number of carbonyl (C=O) groups is 1. The summed E-state index contributed by atoms with van der Waals surface area (Å²) >= 11 is 0. The molecule has 0 unspecified atom stereocenters. The van der Waals surface area contributed by atoms with Gasteiger partial charge in [0.15, 0.2) is 0 Å². The standard InChI is InChI=1S/C8H12N2O2.C2H6/c1-5-7(8(11)12-4)6(2)10(3)9-5;1-2/h1-4H3;1-2H3. The molecule has 0 saturated heterocycles. The highest BCUT2D eigenvalue weighted by atomic mass is 16.5. The largest absolute Gasteiger partial charge is 0.465 e. The van der Waals surface area contributed by atoms with Gasteiger partial charge < -0.3 is 4.74 Å². The lowest BCUT2D eigenvalue weighted by molar-refractivity contribution is 0.0599. The number of hydrogen-bond donors (Lipinski definition) is 0. The Labute approximate surface area is 84.9 Å². The number of aromatic nitrogens is 2. The van der Waals surface area contributed by atoms with Crippen LogP contribution in [0.5, 0.6) is 0 Å². The number of rotatable bonds is 1. The molecular weight excluding hydrogens is 180 g/mol. The summed E-state index contributed by atoms with van der Waals surface area (Å²) in [6.45, 7) is 7.63. The Kier molecular flexibility index (Phi) is 4.91. The Morgan fingerprint density at radius 2 is 1.86 bits per heavy atom. The van der Waals surface area contributed by atoms with Gasteiger partial charge in [0, 0.05) is 12.7 Å². The van der Waals surface area contributed by atoms with Gasteiger partial charge in [-0.2, -0.15) is 5.10 Å². The summed E-state index contributed by atoms with van der Waals surface area (Å²) in [5, 5.41) is 4.10. The first-order chi connectivity index (χ1) is 6.57. The van der Waals surface area contributed by atoms with E-state index in [0.717, 1.165) is 5.69 Å². The summed E-state index contributed by atoms with van der Waals surface area (Å²) in [6, 6.07) is 0. The summed E-state index contributed by atoms with van der Waals surface area (Å²) in [5.74, 6) is -0.321. The molecule has 0 atom stereocenters. The molecule has 0 radical (unpaired) electrons. The van der Waals surface area contributed by atoms with E-state index in [4.69, 9.17) is 0 Å². The third-order valence-corrected chi connectivity index (χ3v) is 1.90. The fourth-order valence-electron chi connectivity index (χ4n) is 1.17. The molecule has 0 aromatic carbocycles. The smallest absolute Gasteiger partial charge is 0.341 e. The van der Waals surface area contributed by atoms with Gasteiger partial charge in [0.1, 0.15) is 5.56 Å². The molecule has 1 heterocycles. The summed E-state index contributed by atoms with van der Waals surface area (Å²) in [7, 11) is 3.17. The minimum Gasteiger partial charge on any atom is -0.465 e. The molecular formula is C10H18N2O2. The van der Waals surface area contributed by atoms with Crippen molar-refractivity contribution in [2.45, 2.75) is 27.7 Å². The van der Waals surface area contributed by atoms with Crippen molar-refractivity contribution in [1.82, 2.24) is 9.78 Å². The summed E-state index contributed by atoms with van der Waals surface area (Å²) < 4.78 is 6.29. The third-order valence-electron chi connectivity index (χ3n) is 1.90. The minimum atomic E-state index is -0.321. The Hall–Kier alpha value is -1.32. The molecule has 1 rings (SSSR count). The number of ether oxygens (including phenoxy) is 1. The lowest BCUT2D eigenvalue weighted by atomic mass is 10.2. The molecule has 0 aliphatic heterocycles. The van der Waals surface area contributed by atoms with E-state index in [9.17, 15) is 4.79 Å². The van der Waals surface area contributed by atoms with Gasteiger partial charge in [0.25, 0.3) is 0 Å². The zero-order valence-electron chi connectivity index (χ0n) is 9.71. The second kappa shape index (κ2) is 5.42. The third kappa shape index (κ3) is 2.34. The van der Waals surface area contributed by atoms with Crippen molar-refractivity contribution in [1.29, 1.82) is 0 Å². The summed E-state index contributed by atoms with van der Waals surface area (Å²) in [4.78, 5) is 11.2. The van der Waals surface area contributed by atoms with E-state index in [2.05, 4.69) is 9.84 Å². The molecule has 14 heavy (non-hydrogen) atoms. The molecule has 0 aliphatic carbocycles. The second-order valence-corrected chi connectivity index (χ2v) is 2.66. The van der Waals surface area contributed by atoms with Crippen molar-refractivity contribution in [2.75, 3.05) is 7.11 Å².